The number of nitrogens with zero attached hydrogens (tertiary/aromatic N) is 6. The fraction of sp³-hybridized carbons (Fsp3) is 0.871. The van der Waals surface area contributed by atoms with Crippen LogP contribution in [0, 0.1) is 0 Å². The monoisotopic (exact) mass is 1400 g/mol. The molecule has 4 aliphatic rings. The van der Waals surface area contributed by atoms with Gasteiger partial charge in [-0.15, -0.1) is 10.2 Å². The summed E-state index contributed by atoms with van der Waals surface area (Å²) in [5, 5.41) is 15.2. The van der Waals surface area contributed by atoms with Gasteiger partial charge in [0.1, 0.15) is 66.3 Å². The summed E-state index contributed by atoms with van der Waals surface area (Å²) in [5.74, 6) is 0. The van der Waals surface area contributed by atoms with Gasteiger partial charge < -0.3 is 37.9 Å². The molecule has 2 aromatic rings. The maximum Gasteiger partial charge on any atom is 0.397 e. The van der Waals surface area contributed by atoms with Gasteiger partial charge in [0.25, 0.3) is 0 Å². The van der Waals surface area contributed by atoms with Crippen LogP contribution in [-0.2, 0) is 181 Å². The Bertz CT molecular complexity index is 3570. The van der Waals surface area contributed by atoms with Crippen LogP contribution >= 0.6 is 0 Å². The van der Waals surface area contributed by atoms with Gasteiger partial charge >= 0.3 is 83.2 Å². The molecule has 6 rings (SSSR count). The number of ether oxygens (including phenoxy) is 8. The molecule has 0 radical (unpaired) electrons. The lowest BCUT2D eigenvalue weighted by atomic mass is 9.97. The van der Waals surface area contributed by atoms with Crippen molar-refractivity contribution in [3.63, 3.8) is 0 Å². The first-order chi connectivity index (χ1) is 38.7. The summed E-state index contributed by atoms with van der Waals surface area (Å²) < 4.78 is 354. The van der Waals surface area contributed by atoms with Crippen molar-refractivity contribution in [2.24, 2.45) is 7.05 Å². The van der Waals surface area contributed by atoms with Crippen molar-refractivity contribution in [1.82, 2.24) is 30.0 Å². The van der Waals surface area contributed by atoms with Crippen LogP contribution in [0.3, 0.4) is 0 Å². The van der Waals surface area contributed by atoms with E-state index in [-0.39, 0.29) is 18.0 Å². The Morgan fingerprint density at radius 3 is 1.24 bits per heavy atom. The number of hydrogen-bond donors (Lipinski definition) is 8. The van der Waals surface area contributed by atoms with Crippen molar-refractivity contribution in [2.45, 2.75) is 164 Å². The lowest BCUT2D eigenvalue weighted by Gasteiger charge is -2.48. The van der Waals surface area contributed by atoms with Crippen molar-refractivity contribution in [1.29, 1.82) is 0 Å². The van der Waals surface area contributed by atoms with E-state index in [0.717, 1.165) is 31.6 Å². The third-order valence-corrected chi connectivity index (χ3v) is 15.2. The average molecular weight is 1400 g/mol. The molecule has 0 amide bonds. The Labute approximate surface area is 480 Å². The average Bonchev–Trinajstić information content (AvgIpc) is 1.80. The summed E-state index contributed by atoms with van der Waals surface area (Å²) in [5.41, 5.74) is 0.100. The second-order valence-electron chi connectivity index (χ2n) is 18.0. The Hall–Kier alpha value is -3.08. The van der Waals surface area contributed by atoms with Crippen LogP contribution in [-0.4, -0.2) is 244 Å². The van der Waals surface area contributed by atoms with Gasteiger partial charge in [-0.3, -0.25) is 41.1 Å². The normalized spacial score (nSPS) is 33.4. The first-order valence-electron chi connectivity index (χ1n) is 22.8. The molecule has 492 valence electrons. The standard InChI is InChI=1S/C31H50N6O40S8/c1-12-22(68-30-28(76-84(56,57)58)26(74-82(50,51)52)23(13(2)65-30)69-31-29(77-85(59,60)61)27(75-83(53,54)55)24(14(3)66-31)72-80(44,45)46)17(70-78(38,39)40)5-20(64-12)62-11-16-8-37(35-33-16)9-19-25(73-81(47,48)49)18(71-79(41,42)43)6-21(67-19)63-10-15-7-36(4)34-32-15/h7-8,12-14,17-31H,5-6,9-11H2,1-4H3,(H,38,39,40)(H,41,42,43)(H,44,45,46)(H,47,48,49)(H,50,51,52)(H,53,54,55)(H,56,57,58)(H,59,60,61)/t12?,13?,14?,17-,18-,19-,20-,21+,22-,23-,24-,25+,26+,27+,28?,29?,30-,31-/m1/s1. The molecule has 0 saturated carbocycles. The smallest absolute Gasteiger partial charge is 0.347 e. The molecule has 46 nitrogen and oxygen atoms in total. The highest BCUT2D eigenvalue weighted by Crippen LogP contribution is 2.39. The highest BCUT2D eigenvalue weighted by molar-refractivity contribution is 7.82. The predicted molar refractivity (Wildman–Crippen MR) is 253 cm³/mol. The second kappa shape index (κ2) is 27.2. The Balaban J connectivity index is 1.24. The van der Waals surface area contributed by atoms with Gasteiger partial charge in [0.05, 0.1) is 50.5 Å². The number of aromatic nitrogens is 6. The first kappa shape index (κ1) is 71.0. The van der Waals surface area contributed by atoms with E-state index in [4.69, 9.17) is 42.1 Å². The van der Waals surface area contributed by atoms with E-state index < -0.39 is 220 Å². The summed E-state index contributed by atoms with van der Waals surface area (Å²) in [6.07, 6.45) is -39.7. The van der Waals surface area contributed by atoms with E-state index in [1.54, 1.807) is 0 Å². The van der Waals surface area contributed by atoms with Gasteiger partial charge in [0.15, 0.2) is 37.4 Å². The summed E-state index contributed by atoms with van der Waals surface area (Å²) in [7, 11) is -44.4. The SMILES string of the molecule is CC1O[C@H](O[C@@H]2C(C)O[C@@H](OCc3cn(C[C@H]4O[C@H](OCc5cn(C)nn5)C[C@@H](OS(=O)(=O)O)[C@@H]4OS(=O)(=O)O)nn3)C[C@H]2OS(=O)(=O)O)C(OS(=O)(=O)O)[C@@H](OS(=O)(=O)O)[C@@H]1O[C@H]1OC(C)[C@@H](OS(=O)(=O)O)[C@H](OS(=O)(=O)O)C1OS(=O)(=O)O. The zero-order valence-corrected chi connectivity index (χ0v) is 49.2. The van der Waals surface area contributed by atoms with E-state index in [1.807, 2.05) is 0 Å². The summed E-state index contributed by atoms with van der Waals surface area (Å²) in [6, 6.07) is 0. The summed E-state index contributed by atoms with van der Waals surface area (Å²) in [4.78, 5) is 0. The lowest BCUT2D eigenvalue weighted by Crippen LogP contribution is -2.66. The second-order valence-corrected chi connectivity index (χ2v) is 26.3. The minimum atomic E-state index is -5.98. The molecule has 2 aromatic heterocycles. The molecule has 4 saturated heterocycles. The van der Waals surface area contributed by atoms with Gasteiger partial charge in [-0.2, -0.15) is 67.3 Å². The molecule has 5 unspecified atom stereocenters. The fourth-order valence-electron chi connectivity index (χ4n) is 8.63. The quantitative estimate of drug-likeness (QED) is 0.0368. The molecule has 8 N–H and O–H groups in total. The zero-order chi connectivity index (χ0) is 63.8. The predicted octanol–water partition coefficient (Wildman–Crippen LogP) is -5.85. The molecule has 0 bridgehead atoms. The topological polar surface area (TPSA) is 644 Å². The molecule has 4 fully saturated rings. The van der Waals surface area contributed by atoms with Gasteiger partial charge in [-0.05, 0) is 20.8 Å². The van der Waals surface area contributed by atoms with Crippen molar-refractivity contribution in [3.8, 4) is 0 Å². The van der Waals surface area contributed by atoms with E-state index in [0.29, 0.717) is 0 Å². The van der Waals surface area contributed by atoms with Gasteiger partial charge in [0, 0.05) is 19.9 Å². The summed E-state index contributed by atoms with van der Waals surface area (Å²) >= 11 is 0. The van der Waals surface area contributed by atoms with Crippen LogP contribution in [0.5, 0.6) is 0 Å². The third kappa shape index (κ3) is 22.7. The van der Waals surface area contributed by atoms with E-state index >= 15 is 0 Å². The van der Waals surface area contributed by atoms with Crippen LogP contribution in [0.25, 0.3) is 0 Å². The van der Waals surface area contributed by atoms with Crippen molar-refractivity contribution >= 4 is 83.2 Å². The minimum Gasteiger partial charge on any atom is -0.347 e. The van der Waals surface area contributed by atoms with Crippen molar-refractivity contribution in [3.05, 3.63) is 23.8 Å². The molecule has 0 aliphatic carbocycles. The highest BCUT2D eigenvalue weighted by Gasteiger charge is 2.58. The fourth-order valence-corrected chi connectivity index (χ4v) is 12.7. The zero-order valence-electron chi connectivity index (χ0n) is 42.7. The van der Waals surface area contributed by atoms with Crippen LogP contribution < -0.4 is 0 Å². The number of hydrogen-bond acceptors (Lipinski definition) is 36. The van der Waals surface area contributed by atoms with Crippen LogP contribution in [0.15, 0.2) is 12.4 Å². The minimum absolute atomic E-state index is 0.140. The van der Waals surface area contributed by atoms with E-state index in [1.165, 1.54) is 17.9 Å². The summed E-state index contributed by atoms with van der Waals surface area (Å²) in [6.45, 7) is 1.11. The van der Waals surface area contributed by atoms with Crippen LogP contribution in [0.4, 0.5) is 0 Å². The van der Waals surface area contributed by atoms with E-state index in [9.17, 15) is 104 Å². The Morgan fingerprint density at radius 1 is 0.435 bits per heavy atom. The third-order valence-electron chi connectivity index (χ3n) is 11.5. The molecule has 0 spiro atoms. The molecule has 85 heavy (non-hydrogen) atoms. The number of aryl methyl sites for hydroxylation is 1. The van der Waals surface area contributed by atoms with E-state index in [2.05, 4.69) is 49.9 Å². The first-order valence-corrected chi connectivity index (χ1v) is 33.7. The van der Waals surface area contributed by atoms with Crippen LogP contribution in [0.1, 0.15) is 45.0 Å². The lowest BCUT2D eigenvalue weighted by molar-refractivity contribution is -0.357. The van der Waals surface area contributed by atoms with Crippen LogP contribution in [0.2, 0.25) is 0 Å². The number of rotatable bonds is 28. The Kier molecular flexibility index (Phi) is 22.7. The Morgan fingerprint density at radius 2 is 0.788 bits per heavy atom. The largest absolute Gasteiger partial charge is 0.397 e. The molecule has 4 aliphatic heterocycles. The van der Waals surface area contributed by atoms with Crippen molar-refractivity contribution in [2.75, 3.05) is 0 Å². The molecule has 18 atom stereocenters. The van der Waals surface area contributed by atoms with Gasteiger partial charge in [-0.25, -0.2) is 38.1 Å². The highest BCUT2D eigenvalue weighted by atomic mass is 32.3. The van der Waals surface area contributed by atoms with Gasteiger partial charge in [0.2, 0.25) is 0 Å². The molecule has 0 aromatic carbocycles. The molecular formula is C31H50N6O40S8. The molecule has 54 heteroatoms. The molecule has 6 heterocycles. The maximum atomic E-state index is 12.4. The van der Waals surface area contributed by atoms with Crippen molar-refractivity contribution < 1.29 is 175 Å². The van der Waals surface area contributed by atoms with Gasteiger partial charge in [-0.1, -0.05) is 10.4 Å². The maximum absolute atomic E-state index is 12.4. The molecular weight excluding hydrogens is 1350 g/mol.